The Labute approximate surface area is 110 Å². The Kier molecular flexibility index (Phi) is 3.47. The number of hydrogen-bond acceptors (Lipinski definition) is 1. The Bertz CT molecular complexity index is 603. The molecule has 0 bridgehead atoms. The third kappa shape index (κ3) is 2.55. The van der Waals surface area contributed by atoms with Crippen molar-refractivity contribution in [2.45, 2.75) is 19.3 Å². The quantitative estimate of drug-likeness (QED) is 0.758. The van der Waals surface area contributed by atoms with Gasteiger partial charge in [0.15, 0.2) is 5.78 Å². The van der Waals surface area contributed by atoms with Gasteiger partial charge in [-0.3, -0.25) is 4.79 Å². The summed E-state index contributed by atoms with van der Waals surface area (Å²) in [6.07, 6.45) is 0. The molecule has 0 atom stereocenters. The standard InChI is InChI=1S/C16H14F2O/c1-16(2,11-6-4-3-5-7-11)15(19)13-9-8-12(17)10-14(13)18/h3-10H,1-2H3. The largest absolute Gasteiger partial charge is 0.293 e. The van der Waals surface area contributed by atoms with Crippen molar-refractivity contribution in [3.63, 3.8) is 0 Å². The number of rotatable bonds is 3. The molecule has 0 spiro atoms. The molecule has 0 amide bonds. The minimum Gasteiger partial charge on any atom is -0.293 e. The van der Waals surface area contributed by atoms with Crippen molar-refractivity contribution in [2.75, 3.05) is 0 Å². The van der Waals surface area contributed by atoms with E-state index in [1.165, 1.54) is 6.07 Å². The molecule has 0 fully saturated rings. The van der Waals surface area contributed by atoms with E-state index in [0.29, 0.717) is 0 Å². The van der Waals surface area contributed by atoms with Crippen LogP contribution in [0.2, 0.25) is 0 Å². The molecular weight excluding hydrogens is 246 g/mol. The molecule has 3 heteroatoms. The van der Waals surface area contributed by atoms with Crippen molar-refractivity contribution >= 4 is 5.78 Å². The van der Waals surface area contributed by atoms with E-state index in [4.69, 9.17) is 0 Å². The number of Topliss-reactive ketones (excluding diaryl/α,β-unsaturated/α-hetero) is 1. The van der Waals surface area contributed by atoms with Gasteiger partial charge in [-0.2, -0.15) is 0 Å². The second-order valence-electron chi connectivity index (χ2n) is 4.94. The Balaban J connectivity index is 2.43. The summed E-state index contributed by atoms with van der Waals surface area (Å²) < 4.78 is 26.6. The van der Waals surface area contributed by atoms with Crippen molar-refractivity contribution in [1.29, 1.82) is 0 Å². The number of ketones is 1. The molecule has 0 aliphatic heterocycles. The molecule has 2 aromatic carbocycles. The zero-order chi connectivity index (χ0) is 14.0. The van der Waals surface area contributed by atoms with E-state index in [9.17, 15) is 13.6 Å². The highest BCUT2D eigenvalue weighted by atomic mass is 19.1. The summed E-state index contributed by atoms with van der Waals surface area (Å²) in [6.45, 7) is 3.46. The van der Waals surface area contributed by atoms with E-state index in [2.05, 4.69) is 0 Å². The molecule has 0 N–H and O–H groups in total. The number of benzene rings is 2. The van der Waals surface area contributed by atoms with Crippen LogP contribution in [-0.4, -0.2) is 5.78 Å². The molecule has 98 valence electrons. The van der Waals surface area contributed by atoms with Crippen LogP contribution in [0.5, 0.6) is 0 Å². The maximum absolute atomic E-state index is 13.7. The van der Waals surface area contributed by atoms with Crippen LogP contribution in [0, 0.1) is 11.6 Å². The van der Waals surface area contributed by atoms with E-state index < -0.39 is 17.0 Å². The van der Waals surface area contributed by atoms with Gasteiger partial charge in [0.2, 0.25) is 0 Å². The van der Waals surface area contributed by atoms with Gasteiger partial charge in [0.25, 0.3) is 0 Å². The lowest BCUT2D eigenvalue weighted by atomic mass is 9.78. The molecule has 0 saturated carbocycles. The fraction of sp³-hybridized carbons (Fsp3) is 0.188. The second kappa shape index (κ2) is 4.92. The van der Waals surface area contributed by atoms with Crippen LogP contribution in [0.25, 0.3) is 0 Å². The molecule has 0 saturated heterocycles. The van der Waals surface area contributed by atoms with Crippen LogP contribution < -0.4 is 0 Å². The molecule has 0 aliphatic rings. The van der Waals surface area contributed by atoms with Crippen molar-refractivity contribution in [2.24, 2.45) is 0 Å². The molecule has 2 aromatic rings. The summed E-state index contributed by atoms with van der Waals surface area (Å²) >= 11 is 0. The normalized spacial score (nSPS) is 11.4. The predicted molar refractivity (Wildman–Crippen MR) is 70.2 cm³/mol. The fourth-order valence-electron chi connectivity index (χ4n) is 2.00. The fourth-order valence-corrected chi connectivity index (χ4v) is 2.00. The van der Waals surface area contributed by atoms with Gasteiger partial charge in [-0.1, -0.05) is 30.3 Å². The highest BCUT2D eigenvalue weighted by molar-refractivity contribution is 6.03. The highest BCUT2D eigenvalue weighted by Gasteiger charge is 2.32. The Hall–Kier alpha value is -2.03. The van der Waals surface area contributed by atoms with Gasteiger partial charge >= 0.3 is 0 Å². The summed E-state index contributed by atoms with van der Waals surface area (Å²) in [5.74, 6) is -1.88. The lowest BCUT2D eigenvalue weighted by molar-refractivity contribution is 0.0904. The van der Waals surface area contributed by atoms with Crippen LogP contribution >= 0.6 is 0 Å². The average Bonchev–Trinajstić information content (AvgIpc) is 2.39. The van der Waals surface area contributed by atoms with Crippen molar-refractivity contribution in [3.8, 4) is 0 Å². The predicted octanol–water partition coefficient (Wildman–Crippen LogP) is 4.13. The summed E-state index contributed by atoms with van der Waals surface area (Å²) in [7, 11) is 0. The van der Waals surface area contributed by atoms with Gasteiger partial charge in [0, 0.05) is 6.07 Å². The Morgan fingerprint density at radius 2 is 1.63 bits per heavy atom. The van der Waals surface area contributed by atoms with Gasteiger partial charge in [0.1, 0.15) is 11.6 Å². The van der Waals surface area contributed by atoms with Gasteiger partial charge in [-0.15, -0.1) is 0 Å². The van der Waals surface area contributed by atoms with Crippen LogP contribution in [0.3, 0.4) is 0 Å². The minimum absolute atomic E-state index is 0.0877. The Morgan fingerprint density at radius 3 is 2.21 bits per heavy atom. The van der Waals surface area contributed by atoms with Crippen molar-refractivity contribution in [1.82, 2.24) is 0 Å². The molecule has 0 aromatic heterocycles. The summed E-state index contributed by atoms with van der Waals surface area (Å²) in [5, 5.41) is 0. The highest BCUT2D eigenvalue weighted by Crippen LogP contribution is 2.28. The summed E-state index contributed by atoms with van der Waals surface area (Å²) in [6, 6.07) is 12.2. The van der Waals surface area contributed by atoms with E-state index in [-0.39, 0.29) is 11.3 Å². The molecule has 0 aliphatic carbocycles. The third-order valence-electron chi connectivity index (χ3n) is 3.24. The average molecular weight is 260 g/mol. The maximum Gasteiger partial charge on any atom is 0.175 e. The monoisotopic (exact) mass is 260 g/mol. The van der Waals surface area contributed by atoms with Gasteiger partial charge in [-0.05, 0) is 31.5 Å². The molecular formula is C16H14F2O. The van der Waals surface area contributed by atoms with Crippen molar-refractivity contribution < 1.29 is 13.6 Å². The van der Waals surface area contributed by atoms with Crippen LogP contribution in [0.4, 0.5) is 8.78 Å². The van der Waals surface area contributed by atoms with E-state index in [1.54, 1.807) is 13.8 Å². The van der Waals surface area contributed by atoms with Gasteiger partial charge in [0.05, 0.1) is 11.0 Å². The van der Waals surface area contributed by atoms with Gasteiger partial charge < -0.3 is 0 Å². The zero-order valence-electron chi connectivity index (χ0n) is 10.8. The van der Waals surface area contributed by atoms with Crippen LogP contribution in [0.1, 0.15) is 29.8 Å². The second-order valence-corrected chi connectivity index (χ2v) is 4.94. The van der Waals surface area contributed by atoms with Crippen LogP contribution in [-0.2, 0) is 5.41 Å². The number of carbonyl (C=O) groups is 1. The minimum atomic E-state index is -0.861. The number of halogens is 2. The van der Waals surface area contributed by atoms with Crippen LogP contribution in [0.15, 0.2) is 48.5 Å². The first-order chi connectivity index (χ1) is 8.93. The number of carbonyl (C=O) groups excluding carboxylic acids is 1. The lowest BCUT2D eigenvalue weighted by Gasteiger charge is -2.24. The zero-order valence-corrected chi connectivity index (χ0v) is 10.8. The molecule has 0 radical (unpaired) electrons. The first-order valence-corrected chi connectivity index (χ1v) is 5.98. The summed E-state index contributed by atoms with van der Waals surface area (Å²) in [4.78, 5) is 12.4. The lowest BCUT2D eigenvalue weighted by Crippen LogP contribution is -2.29. The maximum atomic E-state index is 13.7. The smallest absolute Gasteiger partial charge is 0.175 e. The molecule has 2 rings (SSSR count). The summed E-state index contributed by atoms with van der Waals surface area (Å²) in [5.41, 5.74) is -0.154. The first kappa shape index (κ1) is 13.4. The van der Waals surface area contributed by atoms with Gasteiger partial charge in [-0.25, -0.2) is 8.78 Å². The van der Waals surface area contributed by atoms with E-state index in [0.717, 1.165) is 17.7 Å². The molecule has 0 unspecified atom stereocenters. The SMILES string of the molecule is CC(C)(C(=O)c1ccc(F)cc1F)c1ccccc1. The molecule has 19 heavy (non-hydrogen) atoms. The topological polar surface area (TPSA) is 17.1 Å². The van der Waals surface area contributed by atoms with E-state index in [1.807, 2.05) is 30.3 Å². The molecule has 1 nitrogen and oxygen atoms in total. The first-order valence-electron chi connectivity index (χ1n) is 5.98. The molecule has 0 heterocycles. The van der Waals surface area contributed by atoms with E-state index >= 15 is 0 Å². The Morgan fingerprint density at radius 1 is 1.00 bits per heavy atom. The van der Waals surface area contributed by atoms with Crippen molar-refractivity contribution in [3.05, 3.63) is 71.3 Å². The number of hydrogen-bond donors (Lipinski definition) is 0. The third-order valence-corrected chi connectivity index (χ3v) is 3.24.